The first-order valence-electron chi connectivity index (χ1n) is 24.3. The van der Waals surface area contributed by atoms with E-state index in [0.717, 1.165) is 67.1 Å². The molecule has 11 rings (SSSR count). The number of benzene rings is 8. The standard InChI is InChI=1S/C65H57N4O.CH3.Pt/c1-63(2,3)49-28-31-59-61(39-49)68(52-35-46(44-20-12-9-13-21-44)34-51(38-52)65(7,8)48-24-16-11-17-25-48)43-67(59)53-36-47(45-22-14-10-15-23-45)37-55(41-53)70-54-29-30-57-56-26-18-19-27-58(56)69(60(57)42-54)62-40-50(32-33-66-62)64(4,5)6;;/h9-40,43H,1-8H3;1H3;/q-3;-1;+4. The van der Waals surface area contributed by atoms with Crippen molar-refractivity contribution in [3.8, 4) is 39.6 Å². The molecule has 1 aliphatic heterocycles. The van der Waals surface area contributed by atoms with Gasteiger partial charge in [-0.05, 0) is 97.6 Å². The number of hydrogen-bond donors (Lipinski definition) is 0. The predicted molar refractivity (Wildman–Crippen MR) is 297 cm³/mol. The van der Waals surface area contributed by atoms with Gasteiger partial charge in [-0.15, -0.1) is 53.6 Å². The zero-order chi connectivity index (χ0) is 48.4. The molecule has 10 aromatic rings. The summed E-state index contributed by atoms with van der Waals surface area (Å²) in [7, 11) is 0. The van der Waals surface area contributed by atoms with Crippen molar-refractivity contribution in [3.05, 3.63) is 243 Å². The van der Waals surface area contributed by atoms with Crippen molar-refractivity contribution in [2.45, 2.75) is 71.6 Å². The summed E-state index contributed by atoms with van der Waals surface area (Å²) in [5.74, 6) is 2.02. The van der Waals surface area contributed by atoms with Crippen LogP contribution in [0.5, 0.6) is 11.5 Å². The molecule has 0 N–H and O–H groups in total. The minimum absolute atomic E-state index is 0. The second-order valence-corrected chi connectivity index (χ2v) is 21.1. The van der Waals surface area contributed by atoms with Gasteiger partial charge in [-0.25, -0.2) is 4.98 Å². The largest absolute Gasteiger partial charge is 4.00 e. The summed E-state index contributed by atoms with van der Waals surface area (Å²) in [6.07, 6.45) is 1.91. The molecule has 0 amide bonds. The fourth-order valence-corrected chi connectivity index (χ4v) is 9.76. The van der Waals surface area contributed by atoms with Crippen molar-refractivity contribution < 1.29 is 25.8 Å². The van der Waals surface area contributed by atoms with Gasteiger partial charge in [0.1, 0.15) is 5.82 Å². The smallest absolute Gasteiger partial charge is 0.509 e. The van der Waals surface area contributed by atoms with E-state index in [-0.39, 0.29) is 44.7 Å². The van der Waals surface area contributed by atoms with E-state index in [1.54, 1.807) is 0 Å². The zero-order valence-corrected chi connectivity index (χ0v) is 44.8. The van der Waals surface area contributed by atoms with Gasteiger partial charge in [0.15, 0.2) is 0 Å². The van der Waals surface area contributed by atoms with Crippen molar-refractivity contribution in [3.63, 3.8) is 0 Å². The third kappa shape index (κ3) is 9.39. The summed E-state index contributed by atoms with van der Waals surface area (Å²) in [6.45, 7) is 20.4. The van der Waals surface area contributed by atoms with Crippen molar-refractivity contribution in [2.75, 3.05) is 9.80 Å². The summed E-state index contributed by atoms with van der Waals surface area (Å²) in [6, 6.07) is 74.7. The molecule has 5 nitrogen and oxygen atoms in total. The molecular weight excluding hydrogens is 1060 g/mol. The van der Waals surface area contributed by atoms with Crippen LogP contribution in [0.25, 0.3) is 49.9 Å². The van der Waals surface area contributed by atoms with Crippen molar-refractivity contribution in [1.29, 1.82) is 0 Å². The maximum absolute atomic E-state index is 6.94. The Bertz CT molecular complexity index is 3550. The Morgan fingerprint density at radius 1 is 0.472 bits per heavy atom. The number of fused-ring (bicyclic) bond motifs is 4. The van der Waals surface area contributed by atoms with Gasteiger partial charge in [0.25, 0.3) is 0 Å². The van der Waals surface area contributed by atoms with Gasteiger partial charge < -0.3 is 26.5 Å². The van der Waals surface area contributed by atoms with Crippen molar-refractivity contribution in [2.24, 2.45) is 0 Å². The topological polar surface area (TPSA) is 33.5 Å². The average molecular weight is 1120 g/mol. The maximum Gasteiger partial charge on any atom is 4.00 e. The number of ether oxygens (including phenoxy) is 1. The average Bonchev–Trinajstić information content (AvgIpc) is 3.92. The summed E-state index contributed by atoms with van der Waals surface area (Å²) in [4.78, 5) is 9.53. The van der Waals surface area contributed by atoms with Crippen LogP contribution < -0.4 is 14.5 Å². The monoisotopic (exact) mass is 1120 g/mol. The van der Waals surface area contributed by atoms with Crippen LogP contribution in [-0.4, -0.2) is 9.55 Å². The number of hydrogen-bond acceptors (Lipinski definition) is 4. The molecule has 0 saturated heterocycles. The number of para-hydroxylation sites is 1. The van der Waals surface area contributed by atoms with Crippen LogP contribution in [0, 0.1) is 26.2 Å². The molecule has 72 heavy (non-hydrogen) atoms. The van der Waals surface area contributed by atoms with Gasteiger partial charge in [-0.2, -0.15) is 6.07 Å². The van der Waals surface area contributed by atoms with Crippen LogP contribution in [0.2, 0.25) is 0 Å². The summed E-state index contributed by atoms with van der Waals surface area (Å²) < 4.78 is 9.14. The van der Waals surface area contributed by atoms with Gasteiger partial charge in [0.2, 0.25) is 0 Å². The third-order valence-electron chi connectivity index (χ3n) is 13.9. The van der Waals surface area contributed by atoms with Crippen LogP contribution in [0.4, 0.5) is 22.7 Å². The Labute approximate surface area is 441 Å². The van der Waals surface area contributed by atoms with Gasteiger partial charge in [0, 0.05) is 45.7 Å². The fourth-order valence-electron chi connectivity index (χ4n) is 9.76. The van der Waals surface area contributed by atoms with Crippen molar-refractivity contribution in [1.82, 2.24) is 9.55 Å². The zero-order valence-electron chi connectivity index (χ0n) is 42.6. The Hall–Kier alpha value is -7.20. The van der Waals surface area contributed by atoms with E-state index < -0.39 is 0 Å². The summed E-state index contributed by atoms with van der Waals surface area (Å²) in [5.41, 5.74) is 15.0. The SMILES string of the molecule is CC(C)(C)c1ccnc(-n2c3[c-]c(Oc4[c-]c(N5[CH-]N(c6cc(-c7ccccc7)cc(C(C)(C)c7ccccc7)c6)c6cc(C(C)(C)C)ccc65)cc(-c5ccccc5)c4)ccc3c3ccccc32)c1.[CH3-].[Pt+4]. The van der Waals surface area contributed by atoms with E-state index in [9.17, 15) is 0 Å². The van der Waals surface area contributed by atoms with E-state index >= 15 is 0 Å². The molecule has 6 heteroatoms. The second-order valence-electron chi connectivity index (χ2n) is 21.1. The van der Waals surface area contributed by atoms with Crippen molar-refractivity contribution >= 4 is 44.6 Å². The number of pyridine rings is 1. The molecule has 0 unspecified atom stereocenters. The quantitative estimate of drug-likeness (QED) is 0.135. The van der Waals surface area contributed by atoms with E-state index in [4.69, 9.17) is 9.72 Å². The summed E-state index contributed by atoms with van der Waals surface area (Å²) >= 11 is 0. The van der Waals surface area contributed by atoms with Crippen LogP contribution in [0.1, 0.15) is 77.6 Å². The molecule has 0 bridgehead atoms. The number of aromatic nitrogens is 2. The minimum atomic E-state index is -0.276. The fraction of sp³-hybridized carbons (Fsp3) is 0.167. The Morgan fingerprint density at radius 2 is 1.10 bits per heavy atom. The molecule has 2 aromatic heterocycles. The van der Waals surface area contributed by atoms with Gasteiger partial charge in [0.05, 0.1) is 0 Å². The molecule has 0 radical (unpaired) electrons. The van der Waals surface area contributed by atoms with Gasteiger partial charge >= 0.3 is 21.1 Å². The molecule has 1 aliphatic rings. The van der Waals surface area contributed by atoms with E-state index in [0.29, 0.717) is 11.5 Å². The molecule has 3 heterocycles. The van der Waals surface area contributed by atoms with Crippen LogP contribution >= 0.6 is 0 Å². The van der Waals surface area contributed by atoms with Gasteiger partial charge in [-0.1, -0.05) is 182 Å². The molecule has 0 saturated carbocycles. The number of anilines is 4. The number of nitrogens with zero attached hydrogens (tertiary/aromatic N) is 4. The normalized spacial score (nSPS) is 12.7. The van der Waals surface area contributed by atoms with E-state index in [1.807, 2.05) is 12.3 Å². The van der Waals surface area contributed by atoms with Crippen LogP contribution in [0.3, 0.4) is 0 Å². The Morgan fingerprint density at radius 3 is 1.78 bits per heavy atom. The van der Waals surface area contributed by atoms with E-state index in [2.05, 4.69) is 271 Å². The molecule has 0 aliphatic carbocycles. The number of rotatable bonds is 9. The third-order valence-corrected chi connectivity index (χ3v) is 13.9. The second kappa shape index (κ2) is 19.4. The minimum Gasteiger partial charge on any atom is -0.509 e. The van der Waals surface area contributed by atoms with Gasteiger partial charge in [-0.3, -0.25) is 0 Å². The molecule has 0 atom stereocenters. The van der Waals surface area contributed by atoms with Crippen LogP contribution in [0.15, 0.2) is 194 Å². The van der Waals surface area contributed by atoms with E-state index in [1.165, 1.54) is 27.8 Å². The maximum atomic E-state index is 6.94. The first kappa shape index (κ1) is 49.8. The summed E-state index contributed by atoms with van der Waals surface area (Å²) in [5, 5.41) is 2.22. The molecule has 8 aromatic carbocycles. The first-order valence-corrected chi connectivity index (χ1v) is 24.3. The molecule has 0 spiro atoms. The Kier molecular flexibility index (Phi) is 13.4. The first-order chi connectivity index (χ1) is 33.7. The Balaban J connectivity index is 0.00000320. The molecule has 360 valence electrons. The molecular formula is C66H60N4OPt. The molecule has 0 fully saturated rings. The van der Waals surface area contributed by atoms with Crippen LogP contribution in [-0.2, 0) is 37.3 Å². The predicted octanol–water partition coefficient (Wildman–Crippen LogP) is 17.7.